The molecule has 0 saturated heterocycles. The van der Waals surface area contributed by atoms with E-state index in [0.717, 1.165) is 41.9 Å². The molecule has 7 nitrogen and oxygen atoms in total. The zero-order valence-electron chi connectivity index (χ0n) is 16.1. The molecular weight excluding hydrogens is 352 g/mol. The predicted octanol–water partition coefficient (Wildman–Crippen LogP) is 3.19. The summed E-state index contributed by atoms with van der Waals surface area (Å²) in [5.74, 6) is 0. The molecule has 0 aliphatic carbocycles. The average Bonchev–Trinajstić information content (AvgIpc) is 3.13. The Kier molecular flexibility index (Phi) is 5.08. The van der Waals surface area contributed by atoms with Gasteiger partial charge in [-0.3, -0.25) is 0 Å². The molecule has 3 aromatic rings. The van der Waals surface area contributed by atoms with Gasteiger partial charge in [0.05, 0.1) is 11.2 Å². The van der Waals surface area contributed by atoms with Gasteiger partial charge < -0.3 is 15.5 Å². The lowest BCUT2D eigenvalue weighted by atomic mass is 10.0. The number of nitrogens with zero attached hydrogens (tertiary/aromatic N) is 4. The summed E-state index contributed by atoms with van der Waals surface area (Å²) in [6.45, 7) is 3.98. The number of hydrogen-bond donors (Lipinski definition) is 2. The van der Waals surface area contributed by atoms with Crippen LogP contribution in [0, 0.1) is 0 Å². The molecule has 2 heterocycles. The number of amides is 2. The highest BCUT2D eigenvalue weighted by atomic mass is 16.2. The molecule has 1 aliphatic rings. The van der Waals surface area contributed by atoms with Gasteiger partial charge >= 0.3 is 6.03 Å². The monoisotopic (exact) mass is 376 g/mol. The Labute approximate surface area is 164 Å². The minimum atomic E-state index is -0.203. The van der Waals surface area contributed by atoms with E-state index in [-0.39, 0.29) is 12.1 Å². The second-order valence-electron chi connectivity index (χ2n) is 7.15. The van der Waals surface area contributed by atoms with Crippen molar-refractivity contribution in [3.05, 3.63) is 60.2 Å². The molecule has 7 heteroatoms. The highest BCUT2D eigenvalue weighted by Gasteiger charge is 2.16. The summed E-state index contributed by atoms with van der Waals surface area (Å²) in [5.41, 5.74) is 4.70. The van der Waals surface area contributed by atoms with Crippen molar-refractivity contribution in [2.24, 2.45) is 0 Å². The van der Waals surface area contributed by atoms with E-state index in [2.05, 4.69) is 39.0 Å². The van der Waals surface area contributed by atoms with Gasteiger partial charge in [0.2, 0.25) is 0 Å². The fourth-order valence-corrected chi connectivity index (χ4v) is 3.38. The number of rotatable bonds is 4. The number of anilines is 1. The van der Waals surface area contributed by atoms with Crippen LogP contribution in [0.1, 0.15) is 13.3 Å². The summed E-state index contributed by atoms with van der Waals surface area (Å²) in [6, 6.07) is 15.2. The number of fused-ring (bicyclic) bond motifs is 1. The zero-order valence-corrected chi connectivity index (χ0v) is 16.1. The molecule has 144 valence electrons. The third kappa shape index (κ3) is 3.89. The Morgan fingerprint density at radius 1 is 1.14 bits per heavy atom. The van der Waals surface area contributed by atoms with E-state index < -0.39 is 0 Å². The molecule has 2 aromatic carbocycles. The normalized spacial score (nSPS) is 15.9. The first-order chi connectivity index (χ1) is 13.6. The van der Waals surface area contributed by atoms with Crippen molar-refractivity contribution >= 4 is 22.8 Å². The Hall–Kier alpha value is -3.19. The van der Waals surface area contributed by atoms with Gasteiger partial charge in [-0.05, 0) is 62.4 Å². The summed E-state index contributed by atoms with van der Waals surface area (Å²) in [4.78, 5) is 14.6. The average molecular weight is 376 g/mol. The SMILES string of the molecule is CC(NC(=O)Nc1ccc(-n2nnc3ccccc32)cc1)C1=CCN(C)CC1. The van der Waals surface area contributed by atoms with Crippen LogP contribution in [0.5, 0.6) is 0 Å². The molecule has 4 rings (SSSR count). The number of benzene rings is 2. The second-order valence-corrected chi connectivity index (χ2v) is 7.15. The summed E-state index contributed by atoms with van der Waals surface area (Å²) in [6.07, 6.45) is 3.18. The third-order valence-corrected chi connectivity index (χ3v) is 5.07. The van der Waals surface area contributed by atoms with Gasteiger partial charge in [0.1, 0.15) is 5.52 Å². The first kappa shape index (κ1) is 18.2. The number of aromatic nitrogens is 3. The van der Waals surface area contributed by atoms with Gasteiger partial charge in [-0.2, -0.15) is 0 Å². The summed E-state index contributed by atoms with van der Waals surface area (Å²) < 4.78 is 1.79. The summed E-state index contributed by atoms with van der Waals surface area (Å²) >= 11 is 0. The molecule has 1 aliphatic heterocycles. The lowest BCUT2D eigenvalue weighted by Gasteiger charge is -2.26. The largest absolute Gasteiger partial charge is 0.332 e. The molecule has 1 aromatic heterocycles. The number of carbonyl (C=O) groups excluding carboxylic acids is 1. The molecule has 1 unspecified atom stereocenters. The maximum absolute atomic E-state index is 12.3. The van der Waals surface area contributed by atoms with E-state index in [1.54, 1.807) is 4.68 Å². The van der Waals surface area contributed by atoms with Crippen LogP contribution < -0.4 is 10.6 Å². The summed E-state index contributed by atoms with van der Waals surface area (Å²) in [7, 11) is 2.10. The Bertz CT molecular complexity index is 1010. The molecule has 0 saturated carbocycles. The molecule has 28 heavy (non-hydrogen) atoms. The van der Waals surface area contributed by atoms with Gasteiger partial charge in [0.15, 0.2) is 0 Å². The fraction of sp³-hybridized carbons (Fsp3) is 0.286. The first-order valence-corrected chi connectivity index (χ1v) is 9.46. The van der Waals surface area contributed by atoms with Gasteiger partial charge in [-0.15, -0.1) is 5.10 Å². The van der Waals surface area contributed by atoms with Crippen molar-refractivity contribution in [1.82, 2.24) is 25.2 Å². The number of hydrogen-bond acceptors (Lipinski definition) is 4. The number of para-hydroxylation sites is 1. The molecule has 1 atom stereocenters. The maximum atomic E-state index is 12.3. The molecule has 0 radical (unpaired) electrons. The van der Waals surface area contributed by atoms with E-state index >= 15 is 0 Å². The topological polar surface area (TPSA) is 75.1 Å². The van der Waals surface area contributed by atoms with Crippen LogP contribution in [0.3, 0.4) is 0 Å². The van der Waals surface area contributed by atoms with E-state index in [1.807, 2.05) is 55.5 Å². The summed E-state index contributed by atoms with van der Waals surface area (Å²) in [5, 5.41) is 14.3. The minimum Gasteiger partial charge on any atom is -0.332 e. The standard InChI is InChI=1S/C21H24N6O/c1-15(16-11-13-26(2)14-12-16)22-21(28)23-17-7-9-18(10-8-17)27-20-6-4-3-5-19(20)24-25-27/h3-11,15H,12-14H2,1-2H3,(H2,22,23,28). The van der Waals surface area contributed by atoms with Crippen molar-refractivity contribution < 1.29 is 4.79 Å². The molecule has 0 fully saturated rings. The van der Waals surface area contributed by atoms with Crippen LogP contribution in [0.15, 0.2) is 60.2 Å². The first-order valence-electron chi connectivity index (χ1n) is 9.46. The fourth-order valence-electron chi connectivity index (χ4n) is 3.38. The molecule has 0 bridgehead atoms. The Balaban J connectivity index is 1.40. The van der Waals surface area contributed by atoms with Crippen molar-refractivity contribution in [2.45, 2.75) is 19.4 Å². The predicted molar refractivity (Wildman–Crippen MR) is 111 cm³/mol. The van der Waals surface area contributed by atoms with Crippen molar-refractivity contribution in [3.63, 3.8) is 0 Å². The van der Waals surface area contributed by atoms with Crippen molar-refractivity contribution in [1.29, 1.82) is 0 Å². The van der Waals surface area contributed by atoms with Crippen molar-refractivity contribution in [3.8, 4) is 5.69 Å². The molecule has 0 spiro atoms. The van der Waals surface area contributed by atoms with E-state index in [0.29, 0.717) is 0 Å². The van der Waals surface area contributed by atoms with Crippen LogP contribution in [-0.4, -0.2) is 52.1 Å². The number of nitrogens with one attached hydrogen (secondary N) is 2. The van der Waals surface area contributed by atoms with Crippen LogP contribution in [-0.2, 0) is 0 Å². The molecule has 2 N–H and O–H groups in total. The lowest BCUT2D eigenvalue weighted by molar-refractivity contribution is 0.250. The Morgan fingerprint density at radius 2 is 1.93 bits per heavy atom. The lowest BCUT2D eigenvalue weighted by Crippen LogP contribution is -2.39. The highest BCUT2D eigenvalue weighted by molar-refractivity contribution is 5.89. The number of urea groups is 1. The van der Waals surface area contributed by atoms with Gasteiger partial charge in [0, 0.05) is 24.8 Å². The van der Waals surface area contributed by atoms with E-state index in [1.165, 1.54) is 5.57 Å². The number of likely N-dealkylation sites (N-methyl/N-ethyl adjacent to an activating group) is 1. The molecular formula is C21H24N6O. The van der Waals surface area contributed by atoms with E-state index in [4.69, 9.17) is 0 Å². The second kappa shape index (κ2) is 7.82. The number of carbonyl (C=O) groups is 1. The maximum Gasteiger partial charge on any atom is 0.319 e. The minimum absolute atomic E-state index is 0.0227. The zero-order chi connectivity index (χ0) is 19.5. The van der Waals surface area contributed by atoms with Crippen molar-refractivity contribution in [2.75, 3.05) is 25.5 Å². The van der Waals surface area contributed by atoms with Gasteiger partial charge in [0.25, 0.3) is 0 Å². The highest BCUT2D eigenvalue weighted by Crippen LogP contribution is 2.18. The van der Waals surface area contributed by atoms with Crippen LogP contribution in [0.2, 0.25) is 0 Å². The molecule has 2 amide bonds. The Morgan fingerprint density at radius 3 is 2.68 bits per heavy atom. The smallest absolute Gasteiger partial charge is 0.319 e. The van der Waals surface area contributed by atoms with Crippen LogP contribution in [0.25, 0.3) is 16.7 Å². The van der Waals surface area contributed by atoms with Crippen LogP contribution >= 0.6 is 0 Å². The van der Waals surface area contributed by atoms with E-state index in [9.17, 15) is 4.79 Å². The van der Waals surface area contributed by atoms with Crippen LogP contribution in [0.4, 0.5) is 10.5 Å². The van der Waals surface area contributed by atoms with Gasteiger partial charge in [-0.25, -0.2) is 9.48 Å². The quantitative estimate of drug-likeness (QED) is 0.686. The third-order valence-electron chi connectivity index (χ3n) is 5.07. The van der Waals surface area contributed by atoms with Gasteiger partial charge in [-0.1, -0.05) is 23.4 Å².